The van der Waals surface area contributed by atoms with Crippen molar-refractivity contribution in [3.05, 3.63) is 59.7 Å². The van der Waals surface area contributed by atoms with Crippen molar-refractivity contribution in [2.24, 2.45) is 5.92 Å². The fraction of sp³-hybridized carbons (Fsp3) is 0.368. The Kier molecular flexibility index (Phi) is 5.03. The minimum atomic E-state index is -3.74. The molecule has 2 atom stereocenters. The molecule has 1 aliphatic carbocycles. The Morgan fingerprint density at radius 1 is 1.19 bits per heavy atom. The molecule has 140 valence electrons. The van der Waals surface area contributed by atoms with Gasteiger partial charge in [0, 0.05) is 18.0 Å². The van der Waals surface area contributed by atoms with Crippen molar-refractivity contribution in [1.29, 1.82) is 0 Å². The molecule has 4 nitrogen and oxygen atoms in total. The Balaban J connectivity index is 1.77. The Bertz CT molecular complexity index is 900. The molecule has 0 radical (unpaired) electrons. The molecule has 2 aromatic carbocycles. The van der Waals surface area contributed by atoms with Crippen LogP contribution in [0.15, 0.2) is 47.4 Å². The number of rotatable bonds is 7. The lowest BCUT2D eigenvalue weighted by molar-refractivity contribution is 0.340. The van der Waals surface area contributed by atoms with E-state index >= 15 is 0 Å². The first-order valence-electron chi connectivity index (χ1n) is 8.46. The van der Waals surface area contributed by atoms with E-state index in [1.807, 2.05) is 13.8 Å². The van der Waals surface area contributed by atoms with Crippen LogP contribution in [0.4, 0.5) is 8.78 Å². The van der Waals surface area contributed by atoms with Crippen molar-refractivity contribution in [3.63, 3.8) is 0 Å². The summed E-state index contributed by atoms with van der Waals surface area (Å²) in [6, 6.07) is 9.55. The molecule has 7 heteroatoms. The van der Waals surface area contributed by atoms with Crippen LogP contribution in [0.3, 0.4) is 0 Å². The van der Waals surface area contributed by atoms with E-state index in [9.17, 15) is 17.2 Å². The Hall–Kier alpha value is -1.99. The first-order chi connectivity index (χ1) is 12.3. The van der Waals surface area contributed by atoms with Gasteiger partial charge in [-0.1, -0.05) is 13.0 Å². The summed E-state index contributed by atoms with van der Waals surface area (Å²) in [5.41, 5.74) is -0.295. The van der Waals surface area contributed by atoms with Crippen LogP contribution in [0, 0.1) is 17.6 Å². The molecule has 0 aliphatic heterocycles. The zero-order valence-corrected chi connectivity index (χ0v) is 15.4. The van der Waals surface area contributed by atoms with Crippen molar-refractivity contribution in [3.8, 4) is 5.75 Å². The summed E-state index contributed by atoms with van der Waals surface area (Å²) in [6.07, 6.45) is 0.640. The molecule has 1 aliphatic rings. The topological polar surface area (TPSA) is 55.4 Å². The molecule has 2 unspecified atom stereocenters. The van der Waals surface area contributed by atoms with E-state index in [4.69, 9.17) is 4.74 Å². The van der Waals surface area contributed by atoms with Crippen LogP contribution < -0.4 is 9.46 Å². The van der Waals surface area contributed by atoms with Gasteiger partial charge in [-0.15, -0.1) is 0 Å². The normalized spacial score (nSPS) is 22.2. The van der Waals surface area contributed by atoms with Crippen molar-refractivity contribution >= 4 is 10.0 Å². The summed E-state index contributed by atoms with van der Waals surface area (Å²) in [4.78, 5) is 0.115. The molecule has 0 heterocycles. The Labute approximate surface area is 152 Å². The van der Waals surface area contributed by atoms with Gasteiger partial charge in [0.05, 0.1) is 11.5 Å². The first-order valence-corrected chi connectivity index (χ1v) is 9.95. The average Bonchev–Trinajstić information content (AvgIpc) is 3.25. The number of sulfonamides is 1. The second-order valence-corrected chi connectivity index (χ2v) is 8.38. The van der Waals surface area contributed by atoms with E-state index < -0.39 is 27.1 Å². The van der Waals surface area contributed by atoms with Crippen LogP contribution in [0.5, 0.6) is 5.75 Å². The fourth-order valence-corrected chi connectivity index (χ4v) is 4.40. The summed E-state index contributed by atoms with van der Waals surface area (Å²) >= 11 is 0. The predicted molar refractivity (Wildman–Crippen MR) is 94.6 cm³/mol. The van der Waals surface area contributed by atoms with Gasteiger partial charge in [0.15, 0.2) is 0 Å². The van der Waals surface area contributed by atoms with E-state index in [-0.39, 0.29) is 17.4 Å². The molecule has 3 rings (SSSR count). The van der Waals surface area contributed by atoms with Gasteiger partial charge < -0.3 is 4.74 Å². The fourth-order valence-electron chi connectivity index (χ4n) is 3.29. The number of hydrogen-bond acceptors (Lipinski definition) is 3. The van der Waals surface area contributed by atoms with Crippen LogP contribution in [0.1, 0.15) is 25.8 Å². The largest absolute Gasteiger partial charge is 0.494 e. The first kappa shape index (κ1) is 18.8. The van der Waals surface area contributed by atoms with Gasteiger partial charge in [-0.05, 0) is 55.2 Å². The van der Waals surface area contributed by atoms with Gasteiger partial charge in [0.25, 0.3) is 0 Å². The maximum Gasteiger partial charge on any atom is 0.240 e. The summed E-state index contributed by atoms with van der Waals surface area (Å²) in [7, 11) is -3.74. The molecule has 26 heavy (non-hydrogen) atoms. The molecule has 1 saturated carbocycles. The van der Waals surface area contributed by atoms with Gasteiger partial charge in [0.2, 0.25) is 10.0 Å². The maximum absolute atomic E-state index is 14.2. The second-order valence-electron chi connectivity index (χ2n) is 6.61. The molecular weight excluding hydrogens is 360 g/mol. The summed E-state index contributed by atoms with van der Waals surface area (Å²) in [5, 5.41) is 0. The van der Waals surface area contributed by atoms with E-state index in [2.05, 4.69) is 4.72 Å². The van der Waals surface area contributed by atoms with Crippen molar-refractivity contribution in [2.45, 2.75) is 30.6 Å². The van der Waals surface area contributed by atoms with Crippen LogP contribution >= 0.6 is 0 Å². The number of benzene rings is 2. The Morgan fingerprint density at radius 3 is 2.38 bits per heavy atom. The minimum Gasteiger partial charge on any atom is -0.494 e. The van der Waals surface area contributed by atoms with Crippen LogP contribution in [0.2, 0.25) is 0 Å². The molecule has 1 fully saturated rings. The highest BCUT2D eigenvalue weighted by molar-refractivity contribution is 7.89. The third-order valence-corrected chi connectivity index (χ3v) is 6.36. The van der Waals surface area contributed by atoms with Crippen LogP contribution in [-0.4, -0.2) is 21.6 Å². The van der Waals surface area contributed by atoms with E-state index in [0.717, 1.165) is 6.07 Å². The van der Waals surface area contributed by atoms with Gasteiger partial charge in [-0.2, -0.15) is 0 Å². The lowest BCUT2D eigenvalue weighted by Gasteiger charge is -2.19. The van der Waals surface area contributed by atoms with Gasteiger partial charge in [-0.3, -0.25) is 0 Å². The zero-order valence-electron chi connectivity index (χ0n) is 14.6. The Morgan fingerprint density at radius 2 is 1.85 bits per heavy atom. The quantitative estimate of drug-likeness (QED) is 0.797. The highest BCUT2D eigenvalue weighted by Crippen LogP contribution is 2.54. The second kappa shape index (κ2) is 6.96. The van der Waals surface area contributed by atoms with Crippen LogP contribution in [0.25, 0.3) is 0 Å². The minimum absolute atomic E-state index is 0.0618. The van der Waals surface area contributed by atoms with Gasteiger partial charge >= 0.3 is 0 Å². The molecule has 0 spiro atoms. The van der Waals surface area contributed by atoms with Gasteiger partial charge in [-0.25, -0.2) is 21.9 Å². The summed E-state index contributed by atoms with van der Waals surface area (Å²) in [5.74, 6) is -0.600. The lowest BCUT2D eigenvalue weighted by atomic mass is 9.93. The zero-order chi connectivity index (χ0) is 18.9. The number of nitrogens with one attached hydrogen (secondary N) is 1. The van der Waals surface area contributed by atoms with E-state index in [1.54, 1.807) is 12.1 Å². The summed E-state index contributed by atoms with van der Waals surface area (Å²) in [6.45, 7) is 4.32. The van der Waals surface area contributed by atoms with Crippen molar-refractivity contribution in [1.82, 2.24) is 4.72 Å². The number of halogens is 2. The smallest absolute Gasteiger partial charge is 0.240 e. The maximum atomic E-state index is 14.2. The molecule has 2 aromatic rings. The standard InChI is InChI=1S/C19H21F2NO3S/c1-3-25-15-5-7-16(8-6-15)26(23,24)22-12-19(11-13(19)2)17-9-4-14(20)10-18(17)21/h4-10,13,22H,3,11-12H2,1-2H3. The van der Waals surface area contributed by atoms with Crippen LogP contribution in [-0.2, 0) is 15.4 Å². The average molecular weight is 381 g/mol. The molecule has 0 aromatic heterocycles. The van der Waals surface area contributed by atoms with Crippen molar-refractivity contribution in [2.75, 3.05) is 13.2 Å². The SMILES string of the molecule is CCOc1ccc(S(=O)(=O)NCC2(c3ccc(F)cc3F)CC2C)cc1. The third-order valence-electron chi connectivity index (χ3n) is 4.94. The van der Waals surface area contributed by atoms with E-state index in [0.29, 0.717) is 24.3 Å². The van der Waals surface area contributed by atoms with E-state index in [1.165, 1.54) is 24.3 Å². The summed E-state index contributed by atoms with van der Waals surface area (Å²) < 4.78 is 60.3. The number of hydrogen-bond donors (Lipinski definition) is 1. The highest BCUT2D eigenvalue weighted by atomic mass is 32.2. The number of ether oxygens (including phenoxy) is 1. The molecule has 0 amide bonds. The van der Waals surface area contributed by atoms with Gasteiger partial charge in [0.1, 0.15) is 17.4 Å². The third kappa shape index (κ3) is 3.59. The monoisotopic (exact) mass is 381 g/mol. The predicted octanol–water partition coefficient (Wildman–Crippen LogP) is 3.62. The molecule has 0 saturated heterocycles. The highest BCUT2D eigenvalue weighted by Gasteiger charge is 2.53. The molecule has 1 N–H and O–H groups in total. The molecular formula is C19H21F2NO3S. The molecule has 0 bridgehead atoms. The van der Waals surface area contributed by atoms with Crippen molar-refractivity contribution < 1.29 is 21.9 Å². The lowest BCUT2D eigenvalue weighted by Crippen LogP contribution is -2.33.